The zero-order valence-corrected chi connectivity index (χ0v) is 16.4. The van der Waals surface area contributed by atoms with E-state index < -0.39 is 10.1 Å². The van der Waals surface area contributed by atoms with Gasteiger partial charge >= 0.3 is 0 Å². The van der Waals surface area contributed by atoms with Crippen LogP contribution >= 0.6 is 0 Å². The summed E-state index contributed by atoms with van der Waals surface area (Å²) in [5, 5.41) is 0. The Morgan fingerprint density at radius 2 is 1.69 bits per heavy atom. The van der Waals surface area contributed by atoms with Crippen molar-refractivity contribution in [1.82, 2.24) is 0 Å². The van der Waals surface area contributed by atoms with Crippen LogP contribution < -0.4 is 0 Å². The molecule has 1 saturated heterocycles. The molecule has 0 spiro atoms. The van der Waals surface area contributed by atoms with Crippen LogP contribution in [0.25, 0.3) is 0 Å². The van der Waals surface area contributed by atoms with Gasteiger partial charge in [-0.15, -0.1) is 0 Å². The van der Waals surface area contributed by atoms with Crippen LogP contribution in [0.3, 0.4) is 0 Å². The van der Waals surface area contributed by atoms with Gasteiger partial charge in [0.1, 0.15) is 11.9 Å². The maximum Gasteiger partial charge on any atom is 0.297 e. The van der Waals surface area contributed by atoms with E-state index in [1.54, 1.807) is 30.5 Å². The van der Waals surface area contributed by atoms with Crippen LogP contribution in [0.4, 0.5) is 0 Å². The van der Waals surface area contributed by atoms with Crippen LogP contribution in [0, 0.1) is 24.7 Å². The molecule has 0 N–H and O–H groups in total. The minimum Gasteiger partial charge on any atom is -0.467 e. The lowest BCUT2D eigenvalue weighted by molar-refractivity contribution is -0.153. The maximum absolute atomic E-state index is 12.5. The number of hydrogen-bond acceptors (Lipinski definition) is 5. The quantitative estimate of drug-likeness (QED) is 0.724. The van der Waals surface area contributed by atoms with E-state index in [4.69, 9.17) is 13.3 Å². The molecule has 1 fully saturated rings. The molecule has 5 atom stereocenters. The molecule has 6 heteroatoms. The molecule has 142 valence electrons. The largest absolute Gasteiger partial charge is 0.467 e. The van der Waals surface area contributed by atoms with E-state index in [-0.39, 0.29) is 35.5 Å². The van der Waals surface area contributed by atoms with Crippen LogP contribution in [0.1, 0.15) is 38.2 Å². The molecule has 1 aromatic carbocycles. The first-order valence-corrected chi connectivity index (χ1v) is 10.4. The van der Waals surface area contributed by atoms with Crippen molar-refractivity contribution in [3.8, 4) is 0 Å². The molecule has 0 saturated carbocycles. The van der Waals surface area contributed by atoms with E-state index in [0.717, 1.165) is 11.3 Å². The lowest BCUT2D eigenvalue weighted by Crippen LogP contribution is -2.43. The first-order chi connectivity index (χ1) is 12.3. The van der Waals surface area contributed by atoms with Gasteiger partial charge in [0.15, 0.2) is 0 Å². The SMILES string of the molecule is Cc1ccc(S(=O)(=O)OC[C@H]2O[C@H](c3ccco3)[C@H](C)[C@@H](C)[C@@H]2C)cc1. The summed E-state index contributed by atoms with van der Waals surface area (Å²) in [4.78, 5) is 0.163. The van der Waals surface area contributed by atoms with Crippen molar-refractivity contribution in [1.29, 1.82) is 0 Å². The fraction of sp³-hybridized carbons (Fsp3) is 0.500. The van der Waals surface area contributed by atoms with Gasteiger partial charge in [0, 0.05) is 0 Å². The van der Waals surface area contributed by atoms with Gasteiger partial charge in [-0.2, -0.15) is 8.42 Å². The van der Waals surface area contributed by atoms with Gasteiger partial charge in [0.25, 0.3) is 10.1 Å². The van der Waals surface area contributed by atoms with E-state index in [9.17, 15) is 8.42 Å². The van der Waals surface area contributed by atoms with E-state index in [2.05, 4.69) is 20.8 Å². The first-order valence-electron chi connectivity index (χ1n) is 8.94. The fourth-order valence-corrected chi connectivity index (χ4v) is 4.35. The summed E-state index contributed by atoms with van der Waals surface area (Å²) >= 11 is 0. The van der Waals surface area contributed by atoms with E-state index in [1.165, 1.54) is 0 Å². The molecule has 0 unspecified atom stereocenters. The second kappa shape index (κ2) is 7.55. The monoisotopic (exact) mass is 378 g/mol. The maximum atomic E-state index is 12.5. The molecule has 0 amide bonds. The summed E-state index contributed by atoms with van der Waals surface area (Å²) < 4.78 is 41.9. The standard InChI is InChI=1S/C20H26O5S/c1-13-7-9-17(10-8-13)26(21,22)24-12-19-15(3)14(2)16(4)20(25-19)18-6-5-11-23-18/h5-11,14-16,19-20H,12H2,1-4H3/t14-,15-,16+,19+,20-/m0/s1. The van der Waals surface area contributed by atoms with Crippen molar-refractivity contribution in [3.05, 3.63) is 54.0 Å². The van der Waals surface area contributed by atoms with Crippen LogP contribution in [-0.2, 0) is 19.0 Å². The van der Waals surface area contributed by atoms with Gasteiger partial charge in [-0.25, -0.2) is 0 Å². The molecule has 2 heterocycles. The topological polar surface area (TPSA) is 65.7 Å². The Hall–Kier alpha value is -1.63. The van der Waals surface area contributed by atoms with Crippen LogP contribution in [-0.4, -0.2) is 21.1 Å². The highest BCUT2D eigenvalue weighted by Gasteiger charge is 2.41. The molecular weight excluding hydrogens is 352 g/mol. The number of ether oxygens (including phenoxy) is 1. The lowest BCUT2D eigenvalue weighted by Gasteiger charge is -2.42. The Morgan fingerprint density at radius 3 is 2.31 bits per heavy atom. The second-order valence-corrected chi connectivity index (χ2v) is 8.85. The fourth-order valence-electron chi connectivity index (χ4n) is 3.43. The second-order valence-electron chi connectivity index (χ2n) is 7.24. The summed E-state index contributed by atoms with van der Waals surface area (Å²) in [5.41, 5.74) is 0.997. The molecule has 3 rings (SSSR count). The van der Waals surface area contributed by atoms with Gasteiger partial charge < -0.3 is 9.15 Å². The molecule has 2 aromatic rings. The number of rotatable bonds is 5. The molecule has 1 aliphatic rings. The van der Waals surface area contributed by atoms with Crippen molar-refractivity contribution in [3.63, 3.8) is 0 Å². The number of aryl methyl sites for hydroxylation is 1. The smallest absolute Gasteiger partial charge is 0.297 e. The van der Waals surface area contributed by atoms with Crippen molar-refractivity contribution in [2.24, 2.45) is 17.8 Å². The summed E-state index contributed by atoms with van der Waals surface area (Å²) in [6.07, 6.45) is 1.10. The lowest BCUT2D eigenvalue weighted by atomic mass is 9.76. The Balaban J connectivity index is 1.72. The van der Waals surface area contributed by atoms with Gasteiger partial charge in [-0.05, 0) is 48.9 Å². The molecule has 1 aliphatic heterocycles. The zero-order chi connectivity index (χ0) is 18.9. The molecule has 26 heavy (non-hydrogen) atoms. The summed E-state index contributed by atoms with van der Waals surface area (Å²) in [7, 11) is -3.81. The highest BCUT2D eigenvalue weighted by Crippen LogP contribution is 2.43. The number of furan rings is 1. The van der Waals surface area contributed by atoms with Crippen molar-refractivity contribution in [2.75, 3.05) is 6.61 Å². The Morgan fingerprint density at radius 1 is 1.00 bits per heavy atom. The van der Waals surface area contributed by atoms with Crippen molar-refractivity contribution >= 4 is 10.1 Å². The van der Waals surface area contributed by atoms with E-state index in [0.29, 0.717) is 5.92 Å². The van der Waals surface area contributed by atoms with Crippen molar-refractivity contribution in [2.45, 2.75) is 44.8 Å². The van der Waals surface area contributed by atoms with Gasteiger partial charge in [0.2, 0.25) is 0 Å². The van der Waals surface area contributed by atoms with Gasteiger partial charge in [-0.3, -0.25) is 4.18 Å². The molecule has 0 radical (unpaired) electrons. The van der Waals surface area contributed by atoms with Crippen molar-refractivity contribution < 1.29 is 21.8 Å². The molecule has 1 aromatic heterocycles. The van der Waals surface area contributed by atoms with E-state index in [1.807, 2.05) is 19.1 Å². The Labute approximate surface area is 155 Å². The zero-order valence-electron chi connectivity index (χ0n) is 15.6. The number of hydrogen-bond donors (Lipinski definition) is 0. The first kappa shape index (κ1) is 19.1. The Kier molecular flexibility index (Phi) is 5.55. The summed E-state index contributed by atoms with van der Waals surface area (Å²) in [6.45, 7) is 8.27. The molecule has 0 bridgehead atoms. The minimum absolute atomic E-state index is 0.00829. The normalized spacial score (nSPS) is 29.6. The highest BCUT2D eigenvalue weighted by atomic mass is 32.2. The Bertz CT molecular complexity index is 810. The summed E-state index contributed by atoms with van der Waals surface area (Å²) in [6, 6.07) is 10.4. The average Bonchev–Trinajstić information content (AvgIpc) is 3.14. The molecule has 5 nitrogen and oxygen atoms in total. The van der Waals surface area contributed by atoms with Crippen LogP contribution in [0.2, 0.25) is 0 Å². The third kappa shape index (κ3) is 3.87. The highest BCUT2D eigenvalue weighted by molar-refractivity contribution is 7.86. The third-order valence-corrected chi connectivity index (χ3v) is 6.86. The van der Waals surface area contributed by atoms with Gasteiger partial charge in [-0.1, -0.05) is 38.5 Å². The van der Waals surface area contributed by atoms with Gasteiger partial charge in [0.05, 0.1) is 23.9 Å². The van der Waals surface area contributed by atoms with E-state index >= 15 is 0 Å². The molecular formula is C20H26O5S. The van der Waals surface area contributed by atoms with Crippen LogP contribution in [0.5, 0.6) is 0 Å². The third-order valence-electron chi connectivity index (χ3n) is 5.56. The summed E-state index contributed by atoms with van der Waals surface area (Å²) in [5.74, 6) is 1.54. The molecule has 0 aliphatic carbocycles. The minimum atomic E-state index is -3.81. The number of benzene rings is 1. The van der Waals surface area contributed by atoms with Crippen LogP contribution in [0.15, 0.2) is 52.0 Å². The average molecular weight is 378 g/mol. The predicted molar refractivity (Wildman–Crippen MR) is 98.1 cm³/mol. The predicted octanol–water partition coefficient (Wildman–Crippen LogP) is 4.34.